The van der Waals surface area contributed by atoms with Crippen molar-refractivity contribution in [2.45, 2.75) is 10.8 Å². The molecule has 0 saturated carbocycles. The number of fused-ring (bicyclic) bond motifs is 1. The number of nitrogens with one attached hydrogen (secondary N) is 1. The second-order valence-corrected chi connectivity index (χ2v) is 6.15. The van der Waals surface area contributed by atoms with E-state index in [4.69, 9.17) is 4.42 Å². The van der Waals surface area contributed by atoms with E-state index >= 15 is 0 Å². The highest BCUT2D eigenvalue weighted by Gasteiger charge is 2.03. The third-order valence-electron chi connectivity index (χ3n) is 2.53. The van der Waals surface area contributed by atoms with Gasteiger partial charge in [0.05, 0.1) is 0 Å². The summed E-state index contributed by atoms with van der Waals surface area (Å²) in [6, 6.07) is 8.37. The summed E-state index contributed by atoms with van der Waals surface area (Å²) in [5.74, 6) is 1.04. The van der Waals surface area contributed by atoms with E-state index in [0.717, 1.165) is 34.2 Å². The van der Waals surface area contributed by atoms with Gasteiger partial charge in [-0.15, -0.1) is 11.3 Å². The Bertz CT molecular complexity index is 603. The molecule has 0 aliphatic rings. The molecule has 1 N–H and O–H groups in total. The number of thioether (sulfide) groups is 1. The van der Waals surface area contributed by atoms with Crippen LogP contribution in [0.25, 0.3) is 11.1 Å². The summed E-state index contributed by atoms with van der Waals surface area (Å²) >= 11 is 3.46. The number of rotatable bonds is 6. The van der Waals surface area contributed by atoms with E-state index < -0.39 is 0 Å². The highest BCUT2D eigenvalue weighted by molar-refractivity contribution is 8.00. The number of benzene rings is 1. The summed E-state index contributed by atoms with van der Waals surface area (Å²) < 4.78 is 6.71. The van der Waals surface area contributed by atoms with Gasteiger partial charge in [0, 0.05) is 23.9 Å². The van der Waals surface area contributed by atoms with Crippen LogP contribution in [0.2, 0.25) is 0 Å². The fourth-order valence-electron chi connectivity index (χ4n) is 1.66. The summed E-state index contributed by atoms with van der Waals surface area (Å²) in [5, 5.41) is 5.20. The molecule has 0 amide bonds. The van der Waals surface area contributed by atoms with Crippen LogP contribution in [0.1, 0.15) is 6.42 Å². The molecule has 98 valence electrons. The Morgan fingerprint density at radius 2 is 2.26 bits per heavy atom. The van der Waals surface area contributed by atoms with Gasteiger partial charge in [0.2, 0.25) is 0 Å². The number of hydrogen-bond acceptors (Lipinski definition) is 6. The zero-order chi connectivity index (χ0) is 12.9. The van der Waals surface area contributed by atoms with Crippen LogP contribution < -0.4 is 5.32 Å². The molecular weight excluding hydrogens is 278 g/mol. The Labute approximate surface area is 119 Å². The fraction of sp³-hybridized carbons (Fsp3) is 0.231. The zero-order valence-electron chi connectivity index (χ0n) is 10.2. The van der Waals surface area contributed by atoms with Crippen LogP contribution >= 0.6 is 23.1 Å². The lowest BCUT2D eigenvalue weighted by molar-refractivity contribution is 0.614. The lowest BCUT2D eigenvalue weighted by Gasteiger charge is -2.00. The summed E-state index contributed by atoms with van der Waals surface area (Å²) in [6.45, 7) is 0.852. The van der Waals surface area contributed by atoms with Gasteiger partial charge in [-0.1, -0.05) is 23.9 Å². The van der Waals surface area contributed by atoms with Gasteiger partial charge in [-0.2, -0.15) is 4.98 Å². The van der Waals surface area contributed by atoms with Crippen LogP contribution in [0.4, 0.5) is 6.01 Å². The van der Waals surface area contributed by atoms with Crippen LogP contribution in [0, 0.1) is 0 Å². The lowest BCUT2D eigenvalue weighted by Crippen LogP contribution is -2.02. The lowest BCUT2D eigenvalue weighted by atomic mass is 10.3. The number of anilines is 1. The van der Waals surface area contributed by atoms with Crippen molar-refractivity contribution in [2.75, 3.05) is 17.6 Å². The largest absolute Gasteiger partial charge is 0.424 e. The van der Waals surface area contributed by atoms with E-state index in [1.54, 1.807) is 23.1 Å². The molecule has 3 aromatic rings. The van der Waals surface area contributed by atoms with Crippen molar-refractivity contribution < 1.29 is 4.42 Å². The topological polar surface area (TPSA) is 51.0 Å². The molecule has 0 radical (unpaired) electrons. The van der Waals surface area contributed by atoms with Gasteiger partial charge in [-0.3, -0.25) is 0 Å². The van der Waals surface area contributed by atoms with Crippen molar-refractivity contribution in [3.05, 3.63) is 35.8 Å². The average molecular weight is 291 g/mol. The molecule has 4 nitrogen and oxygen atoms in total. The smallest absolute Gasteiger partial charge is 0.295 e. The minimum Gasteiger partial charge on any atom is -0.424 e. The Kier molecular flexibility index (Phi) is 4.00. The number of hydrogen-bond donors (Lipinski definition) is 1. The van der Waals surface area contributed by atoms with Gasteiger partial charge in [-0.25, -0.2) is 4.98 Å². The minimum absolute atomic E-state index is 0.598. The van der Waals surface area contributed by atoms with Gasteiger partial charge in [-0.05, 0) is 18.6 Å². The van der Waals surface area contributed by atoms with E-state index in [9.17, 15) is 0 Å². The summed E-state index contributed by atoms with van der Waals surface area (Å²) in [6.07, 6.45) is 2.88. The van der Waals surface area contributed by atoms with Gasteiger partial charge < -0.3 is 9.73 Å². The third kappa shape index (κ3) is 3.27. The summed E-state index contributed by atoms with van der Waals surface area (Å²) in [5.41, 5.74) is 1.71. The fourth-order valence-corrected chi connectivity index (χ4v) is 3.30. The molecule has 0 atom stereocenters. The monoisotopic (exact) mass is 291 g/mol. The van der Waals surface area contributed by atoms with Gasteiger partial charge in [0.25, 0.3) is 6.01 Å². The molecule has 2 heterocycles. The molecule has 0 saturated heterocycles. The second-order valence-electron chi connectivity index (χ2n) is 3.91. The molecule has 0 aliphatic heterocycles. The molecule has 2 aromatic heterocycles. The highest BCUT2D eigenvalue weighted by Crippen LogP contribution is 2.21. The van der Waals surface area contributed by atoms with Crippen molar-refractivity contribution in [1.29, 1.82) is 0 Å². The predicted molar refractivity (Wildman–Crippen MR) is 80.0 cm³/mol. The predicted octanol–water partition coefficient (Wildman–Crippen LogP) is 3.88. The Hall–Kier alpha value is -1.53. The highest BCUT2D eigenvalue weighted by atomic mass is 32.2. The van der Waals surface area contributed by atoms with E-state index in [0.29, 0.717) is 6.01 Å². The average Bonchev–Trinajstić information content (AvgIpc) is 3.06. The van der Waals surface area contributed by atoms with Crippen molar-refractivity contribution in [2.24, 2.45) is 0 Å². The number of para-hydroxylation sites is 2. The molecule has 0 aliphatic carbocycles. The molecule has 3 rings (SSSR count). The van der Waals surface area contributed by atoms with Gasteiger partial charge in [0.1, 0.15) is 9.86 Å². The Balaban J connectivity index is 1.44. The van der Waals surface area contributed by atoms with Crippen LogP contribution in [0.5, 0.6) is 0 Å². The maximum absolute atomic E-state index is 5.58. The molecule has 0 bridgehead atoms. The molecule has 6 heteroatoms. The van der Waals surface area contributed by atoms with Crippen molar-refractivity contribution >= 4 is 40.2 Å². The Morgan fingerprint density at radius 3 is 3.11 bits per heavy atom. The SMILES string of the molecule is c1ccc2oc(NCCCSc3nccs3)nc2c1. The second kappa shape index (κ2) is 6.08. The summed E-state index contributed by atoms with van der Waals surface area (Å²) in [7, 11) is 0. The van der Waals surface area contributed by atoms with E-state index in [1.807, 2.05) is 35.8 Å². The first-order chi connectivity index (χ1) is 9.42. The van der Waals surface area contributed by atoms with E-state index in [-0.39, 0.29) is 0 Å². The molecule has 0 fully saturated rings. The van der Waals surface area contributed by atoms with E-state index in [2.05, 4.69) is 15.3 Å². The molecule has 19 heavy (non-hydrogen) atoms. The number of oxazole rings is 1. The van der Waals surface area contributed by atoms with Crippen molar-refractivity contribution in [3.63, 3.8) is 0 Å². The van der Waals surface area contributed by atoms with Gasteiger partial charge >= 0.3 is 0 Å². The maximum atomic E-state index is 5.58. The van der Waals surface area contributed by atoms with Crippen LogP contribution in [-0.4, -0.2) is 22.3 Å². The zero-order valence-corrected chi connectivity index (χ0v) is 11.8. The molecular formula is C13H13N3OS2. The van der Waals surface area contributed by atoms with Crippen LogP contribution in [0.15, 0.2) is 44.6 Å². The van der Waals surface area contributed by atoms with Crippen LogP contribution in [0.3, 0.4) is 0 Å². The first-order valence-electron chi connectivity index (χ1n) is 6.03. The van der Waals surface area contributed by atoms with Crippen molar-refractivity contribution in [3.8, 4) is 0 Å². The number of thiazole rings is 1. The van der Waals surface area contributed by atoms with Gasteiger partial charge in [0.15, 0.2) is 5.58 Å². The van der Waals surface area contributed by atoms with Crippen molar-refractivity contribution in [1.82, 2.24) is 9.97 Å². The number of aromatic nitrogens is 2. The molecule has 0 unspecified atom stereocenters. The first-order valence-corrected chi connectivity index (χ1v) is 7.90. The normalized spacial score (nSPS) is 10.9. The number of nitrogens with zero attached hydrogens (tertiary/aromatic N) is 2. The standard InChI is InChI=1S/C13H13N3OS2/c1-2-5-11-10(4-1)16-12(17-11)14-6-3-8-18-13-15-7-9-19-13/h1-2,4-5,7,9H,3,6,8H2,(H,14,16). The quantitative estimate of drug-likeness (QED) is 0.552. The minimum atomic E-state index is 0.598. The third-order valence-corrected chi connectivity index (χ3v) is 4.58. The Morgan fingerprint density at radius 1 is 1.32 bits per heavy atom. The van der Waals surface area contributed by atoms with E-state index in [1.165, 1.54) is 0 Å². The molecule has 1 aromatic carbocycles. The summed E-state index contributed by atoms with van der Waals surface area (Å²) in [4.78, 5) is 8.60. The van der Waals surface area contributed by atoms with Crippen LogP contribution in [-0.2, 0) is 0 Å². The first kappa shape index (κ1) is 12.5. The molecule has 0 spiro atoms. The maximum Gasteiger partial charge on any atom is 0.295 e.